The molecule has 0 radical (unpaired) electrons. The molecule has 1 aliphatic heterocycles. The summed E-state index contributed by atoms with van der Waals surface area (Å²) in [4.78, 5) is 29.7. The van der Waals surface area contributed by atoms with E-state index in [-0.39, 0.29) is 24.2 Å². The van der Waals surface area contributed by atoms with Gasteiger partial charge in [0.05, 0.1) is 24.5 Å². The van der Waals surface area contributed by atoms with Gasteiger partial charge in [0.1, 0.15) is 11.3 Å². The Labute approximate surface area is 119 Å². The van der Waals surface area contributed by atoms with Crippen LogP contribution < -0.4 is 5.56 Å². The molecule has 0 aromatic carbocycles. The molecule has 0 N–H and O–H groups in total. The highest BCUT2D eigenvalue weighted by Crippen LogP contribution is 2.19. The number of fused-ring (bicyclic) bond motifs is 1. The van der Waals surface area contributed by atoms with Gasteiger partial charge in [0.15, 0.2) is 0 Å². The van der Waals surface area contributed by atoms with E-state index in [4.69, 9.17) is 4.74 Å². The Kier molecular flexibility index (Phi) is 3.31. The second kappa shape index (κ2) is 4.99. The lowest BCUT2D eigenvalue weighted by molar-refractivity contribution is -0.147. The first-order valence-electron chi connectivity index (χ1n) is 6.35. The predicted octanol–water partition coefficient (Wildman–Crippen LogP) is 0.624. The second-order valence-corrected chi connectivity index (χ2v) is 5.89. The molecule has 0 saturated carbocycles. The van der Waals surface area contributed by atoms with Gasteiger partial charge in [0, 0.05) is 13.6 Å². The zero-order valence-corrected chi connectivity index (χ0v) is 12.1. The predicted molar refractivity (Wildman–Crippen MR) is 76.0 cm³/mol. The molecule has 1 amide bonds. The van der Waals surface area contributed by atoms with Crippen molar-refractivity contribution in [2.75, 3.05) is 20.2 Å². The van der Waals surface area contributed by atoms with Gasteiger partial charge in [-0.1, -0.05) is 0 Å². The maximum absolute atomic E-state index is 12.4. The molecular formula is C13H15N3O3S. The molecule has 1 saturated heterocycles. The van der Waals surface area contributed by atoms with E-state index < -0.39 is 0 Å². The van der Waals surface area contributed by atoms with Gasteiger partial charge in [-0.15, -0.1) is 11.3 Å². The molecule has 3 rings (SSSR count). The maximum Gasteiger partial charge on any atom is 0.271 e. The zero-order chi connectivity index (χ0) is 14.3. The summed E-state index contributed by atoms with van der Waals surface area (Å²) in [6.07, 6.45) is 1.39. The molecule has 20 heavy (non-hydrogen) atoms. The van der Waals surface area contributed by atoms with Crippen LogP contribution in [0.1, 0.15) is 5.56 Å². The maximum atomic E-state index is 12.4. The number of hydrogen-bond acceptors (Lipinski definition) is 5. The third-order valence-corrected chi connectivity index (χ3v) is 4.54. The molecule has 1 atom stereocenters. The van der Waals surface area contributed by atoms with E-state index in [9.17, 15) is 9.59 Å². The average molecular weight is 293 g/mol. The van der Waals surface area contributed by atoms with Crippen molar-refractivity contribution >= 4 is 27.5 Å². The fourth-order valence-electron chi connectivity index (χ4n) is 2.28. The van der Waals surface area contributed by atoms with E-state index >= 15 is 0 Å². The van der Waals surface area contributed by atoms with Crippen LogP contribution in [-0.4, -0.2) is 46.7 Å². The lowest BCUT2D eigenvalue weighted by atomic mass is 10.2. The lowest BCUT2D eigenvalue weighted by Gasteiger charge is -2.30. The quantitative estimate of drug-likeness (QED) is 0.814. The minimum absolute atomic E-state index is 0.0314. The summed E-state index contributed by atoms with van der Waals surface area (Å²) in [7, 11) is 1.74. The standard InChI is InChI=1S/C13H15N3O3S/c1-8-6-20-12-11(8)14-7-16(13(12)18)4-9-3-15(2)10(17)5-19-9/h6-7,9H,3-5H2,1-2H3/t9-/m1/s1. The molecule has 1 fully saturated rings. The van der Waals surface area contributed by atoms with Crippen LogP contribution >= 0.6 is 11.3 Å². The van der Waals surface area contributed by atoms with Crippen molar-refractivity contribution < 1.29 is 9.53 Å². The van der Waals surface area contributed by atoms with Crippen LogP contribution in [0.15, 0.2) is 16.5 Å². The first-order valence-corrected chi connectivity index (χ1v) is 7.23. The normalized spacial score (nSPS) is 19.8. The number of aryl methyl sites for hydroxylation is 1. The number of rotatable bonds is 2. The number of hydrogen-bond donors (Lipinski definition) is 0. The highest BCUT2D eigenvalue weighted by molar-refractivity contribution is 7.17. The number of amides is 1. The van der Waals surface area contributed by atoms with Crippen LogP contribution in [0.4, 0.5) is 0 Å². The van der Waals surface area contributed by atoms with Gasteiger partial charge >= 0.3 is 0 Å². The van der Waals surface area contributed by atoms with Crippen molar-refractivity contribution in [2.45, 2.75) is 19.6 Å². The highest BCUT2D eigenvalue weighted by Gasteiger charge is 2.24. The van der Waals surface area contributed by atoms with Gasteiger partial charge in [0.2, 0.25) is 5.91 Å². The van der Waals surface area contributed by atoms with Crippen molar-refractivity contribution in [2.24, 2.45) is 0 Å². The van der Waals surface area contributed by atoms with Gasteiger partial charge < -0.3 is 9.64 Å². The molecule has 0 unspecified atom stereocenters. The third-order valence-electron chi connectivity index (χ3n) is 3.47. The summed E-state index contributed by atoms with van der Waals surface area (Å²) in [5.41, 5.74) is 1.75. The largest absolute Gasteiger partial charge is 0.365 e. The molecule has 0 aliphatic carbocycles. The SMILES string of the molecule is Cc1csc2c(=O)n(C[C@H]3CN(C)C(=O)CO3)cnc12. The Balaban J connectivity index is 1.86. The smallest absolute Gasteiger partial charge is 0.271 e. The van der Waals surface area contributed by atoms with Crippen molar-refractivity contribution in [1.82, 2.24) is 14.5 Å². The zero-order valence-electron chi connectivity index (χ0n) is 11.3. The second-order valence-electron chi connectivity index (χ2n) is 5.01. The van der Waals surface area contributed by atoms with Crippen molar-refractivity contribution in [1.29, 1.82) is 0 Å². The minimum Gasteiger partial charge on any atom is -0.365 e. The Morgan fingerprint density at radius 2 is 2.30 bits per heavy atom. The van der Waals surface area contributed by atoms with Crippen LogP contribution in [0.5, 0.6) is 0 Å². The van der Waals surface area contributed by atoms with Crippen molar-refractivity contribution in [3.05, 3.63) is 27.6 Å². The van der Waals surface area contributed by atoms with E-state index in [2.05, 4.69) is 4.98 Å². The van der Waals surface area contributed by atoms with E-state index in [1.54, 1.807) is 22.8 Å². The van der Waals surface area contributed by atoms with Gasteiger partial charge in [-0.2, -0.15) is 0 Å². The van der Waals surface area contributed by atoms with Gasteiger partial charge in [-0.25, -0.2) is 4.98 Å². The Hall–Kier alpha value is -1.73. The summed E-state index contributed by atoms with van der Waals surface area (Å²) in [5, 5.41) is 1.94. The van der Waals surface area contributed by atoms with E-state index in [1.807, 2.05) is 12.3 Å². The van der Waals surface area contributed by atoms with Crippen LogP contribution in [-0.2, 0) is 16.1 Å². The molecule has 2 aromatic rings. The molecule has 6 nitrogen and oxygen atoms in total. The van der Waals surface area contributed by atoms with E-state index in [0.29, 0.717) is 17.8 Å². The summed E-state index contributed by atoms with van der Waals surface area (Å²) < 4.78 is 7.70. The van der Waals surface area contributed by atoms with E-state index in [1.165, 1.54) is 11.3 Å². The third kappa shape index (κ3) is 2.23. The molecule has 1 aliphatic rings. The van der Waals surface area contributed by atoms with Crippen LogP contribution in [0.3, 0.4) is 0 Å². The van der Waals surface area contributed by atoms with Crippen molar-refractivity contribution in [3.8, 4) is 0 Å². The molecule has 0 bridgehead atoms. The number of ether oxygens (including phenoxy) is 1. The molecular weight excluding hydrogens is 278 g/mol. The molecule has 7 heteroatoms. The number of aromatic nitrogens is 2. The molecule has 2 aromatic heterocycles. The summed E-state index contributed by atoms with van der Waals surface area (Å²) in [5.74, 6) is -0.0314. The Morgan fingerprint density at radius 1 is 1.50 bits per heavy atom. The number of thiophene rings is 1. The number of carbonyl (C=O) groups excluding carboxylic acids is 1. The number of likely N-dealkylation sites (N-methyl/N-ethyl adjacent to an activating group) is 1. The lowest BCUT2D eigenvalue weighted by Crippen LogP contribution is -2.46. The minimum atomic E-state index is -0.171. The topological polar surface area (TPSA) is 64.4 Å². The number of nitrogens with zero attached hydrogens (tertiary/aromatic N) is 3. The Morgan fingerprint density at radius 3 is 3.05 bits per heavy atom. The highest BCUT2D eigenvalue weighted by atomic mass is 32.1. The monoisotopic (exact) mass is 293 g/mol. The number of morpholine rings is 1. The van der Waals surface area contributed by atoms with Crippen LogP contribution in [0, 0.1) is 6.92 Å². The fraction of sp³-hybridized carbons (Fsp3) is 0.462. The van der Waals surface area contributed by atoms with Crippen LogP contribution in [0.25, 0.3) is 10.2 Å². The van der Waals surface area contributed by atoms with Crippen molar-refractivity contribution in [3.63, 3.8) is 0 Å². The molecule has 0 spiro atoms. The van der Waals surface area contributed by atoms with Gasteiger partial charge in [-0.3, -0.25) is 14.2 Å². The summed E-state index contributed by atoms with van der Waals surface area (Å²) in [6.45, 7) is 2.92. The first kappa shape index (κ1) is 13.3. The van der Waals surface area contributed by atoms with Gasteiger partial charge in [-0.05, 0) is 17.9 Å². The molecule has 106 valence electrons. The van der Waals surface area contributed by atoms with Gasteiger partial charge in [0.25, 0.3) is 5.56 Å². The number of carbonyl (C=O) groups is 1. The summed E-state index contributed by atoms with van der Waals surface area (Å²) in [6, 6.07) is 0. The van der Waals surface area contributed by atoms with Crippen LogP contribution in [0.2, 0.25) is 0 Å². The average Bonchev–Trinajstić information content (AvgIpc) is 2.80. The van der Waals surface area contributed by atoms with E-state index in [0.717, 1.165) is 11.1 Å². The fourth-order valence-corrected chi connectivity index (χ4v) is 3.23. The summed E-state index contributed by atoms with van der Waals surface area (Å²) >= 11 is 1.42. The Bertz CT molecular complexity index is 721. The molecule has 3 heterocycles. The first-order chi connectivity index (χ1) is 9.56.